The maximum absolute atomic E-state index is 12.3. The number of rotatable bonds is 8. The molecule has 2 atom stereocenters. The number of carbonyl (C=O) groups is 2. The van der Waals surface area contributed by atoms with Crippen LogP contribution in [0.1, 0.15) is 50.2 Å². The maximum Gasteiger partial charge on any atom is 0.307 e. The molecule has 5 heteroatoms. The van der Waals surface area contributed by atoms with Crippen molar-refractivity contribution in [2.75, 3.05) is 6.54 Å². The molecule has 0 spiro atoms. The second-order valence-corrected chi connectivity index (χ2v) is 8.17. The SMILES string of the molecule is CC1(C(O)/C=C/C2CCC(=O)N2CCc2ccc(CC(=O)O)cc2)CCC1. The minimum absolute atomic E-state index is 0.00163. The second kappa shape index (κ2) is 8.26. The van der Waals surface area contributed by atoms with Gasteiger partial charge in [-0.3, -0.25) is 9.59 Å². The smallest absolute Gasteiger partial charge is 0.307 e. The Balaban J connectivity index is 1.55. The Kier molecular flexibility index (Phi) is 6.00. The van der Waals surface area contributed by atoms with E-state index in [9.17, 15) is 14.7 Å². The van der Waals surface area contributed by atoms with E-state index in [2.05, 4.69) is 6.92 Å². The molecule has 2 aliphatic rings. The lowest BCUT2D eigenvalue weighted by atomic mass is 9.66. The lowest BCUT2D eigenvalue weighted by Gasteiger charge is -2.41. The summed E-state index contributed by atoms with van der Waals surface area (Å²) in [4.78, 5) is 24.9. The van der Waals surface area contributed by atoms with Crippen LogP contribution in [0.4, 0.5) is 0 Å². The van der Waals surface area contributed by atoms with Crippen LogP contribution in [0.25, 0.3) is 0 Å². The zero-order chi connectivity index (χ0) is 19.4. The van der Waals surface area contributed by atoms with Gasteiger partial charge in [-0.15, -0.1) is 0 Å². The monoisotopic (exact) mass is 371 g/mol. The number of carbonyl (C=O) groups excluding carboxylic acids is 1. The van der Waals surface area contributed by atoms with Crippen LogP contribution in [-0.2, 0) is 22.4 Å². The number of amides is 1. The van der Waals surface area contributed by atoms with Gasteiger partial charge in [0, 0.05) is 13.0 Å². The van der Waals surface area contributed by atoms with Crippen LogP contribution < -0.4 is 0 Å². The van der Waals surface area contributed by atoms with Gasteiger partial charge < -0.3 is 15.1 Å². The minimum Gasteiger partial charge on any atom is -0.481 e. The van der Waals surface area contributed by atoms with Crippen molar-refractivity contribution in [2.24, 2.45) is 5.41 Å². The summed E-state index contributed by atoms with van der Waals surface area (Å²) < 4.78 is 0. The van der Waals surface area contributed by atoms with Crippen LogP contribution >= 0.6 is 0 Å². The van der Waals surface area contributed by atoms with Gasteiger partial charge in [0.25, 0.3) is 0 Å². The van der Waals surface area contributed by atoms with Gasteiger partial charge in [-0.2, -0.15) is 0 Å². The van der Waals surface area contributed by atoms with Crippen LogP contribution in [0.5, 0.6) is 0 Å². The fourth-order valence-electron chi connectivity index (χ4n) is 3.99. The van der Waals surface area contributed by atoms with Crippen LogP contribution in [0.2, 0.25) is 0 Å². The quantitative estimate of drug-likeness (QED) is 0.689. The first-order valence-corrected chi connectivity index (χ1v) is 9.83. The molecule has 1 aliphatic heterocycles. The Morgan fingerprint density at radius 1 is 1.30 bits per heavy atom. The Hall–Kier alpha value is -2.14. The first-order valence-electron chi connectivity index (χ1n) is 9.83. The van der Waals surface area contributed by atoms with Crippen molar-refractivity contribution in [1.29, 1.82) is 0 Å². The summed E-state index contributed by atoms with van der Waals surface area (Å²) >= 11 is 0. The number of carboxylic acid groups (broad SMARTS) is 1. The molecule has 0 radical (unpaired) electrons. The molecule has 2 fully saturated rings. The molecule has 2 unspecified atom stereocenters. The lowest BCUT2D eigenvalue weighted by Crippen LogP contribution is -2.38. The van der Waals surface area contributed by atoms with Crippen molar-refractivity contribution in [3.63, 3.8) is 0 Å². The normalized spacial score (nSPS) is 22.8. The molecular weight excluding hydrogens is 342 g/mol. The van der Waals surface area contributed by atoms with Gasteiger partial charge in [0.2, 0.25) is 5.91 Å². The highest BCUT2D eigenvalue weighted by Crippen LogP contribution is 2.43. The summed E-state index contributed by atoms with van der Waals surface area (Å²) in [6, 6.07) is 7.60. The fraction of sp³-hybridized carbons (Fsp3) is 0.545. The molecule has 1 amide bonds. The standard InChI is InChI=1S/C22H29NO4/c1-22(12-2-13-22)19(24)9-7-18-8-10-20(25)23(18)14-11-16-3-5-17(6-4-16)15-21(26)27/h3-7,9,18-19,24H,2,8,10-15H2,1H3,(H,26,27)/b9-7+. The molecule has 5 nitrogen and oxygen atoms in total. The number of aliphatic carboxylic acids is 1. The van der Waals surface area contributed by atoms with Gasteiger partial charge in [-0.25, -0.2) is 0 Å². The molecule has 1 saturated carbocycles. The van der Waals surface area contributed by atoms with E-state index >= 15 is 0 Å². The van der Waals surface area contributed by atoms with Crippen LogP contribution in [0.3, 0.4) is 0 Å². The predicted molar refractivity (Wildman–Crippen MR) is 103 cm³/mol. The topological polar surface area (TPSA) is 77.8 Å². The van der Waals surface area contributed by atoms with Crippen molar-refractivity contribution in [2.45, 2.75) is 64.0 Å². The van der Waals surface area contributed by atoms with Crippen molar-refractivity contribution in [3.05, 3.63) is 47.5 Å². The van der Waals surface area contributed by atoms with Gasteiger partial charge in [-0.1, -0.05) is 49.8 Å². The summed E-state index contributed by atoms with van der Waals surface area (Å²) in [5.74, 6) is -0.672. The lowest BCUT2D eigenvalue weighted by molar-refractivity contribution is -0.136. The van der Waals surface area contributed by atoms with E-state index in [0.717, 1.165) is 36.8 Å². The van der Waals surface area contributed by atoms with E-state index in [1.54, 1.807) is 0 Å². The number of aliphatic hydroxyl groups excluding tert-OH is 1. The number of hydrogen-bond acceptors (Lipinski definition) is 3. The number of aliphatic hydroxyl groups is 1. The van der Waals surface area contributed by atoms with Gasteiger partial charge in [0.15, 0.2) is 0 Å². The molecule has 1 saturated heterocycles. The Labute approximate surface area is 160 Å². The third kappa shape index (κ3) is 4.78. The number of likely N-dealkylation sites (tertiary alicyclic amines) is 1. The highest BCUT2D eigenvalue weighted by atomic mass is 16.4. The Morgan fingerprint density at radius 2 is 1.96 bits per heavy atom. The van der Waals surface area contributed by atoms with Crippen LogP contribution in [0.15, 0.2) is 36.4 Å². The van der Waals surface area contributed by atoms with Gasteiger partial charge in [0.1, 0.15) is 0 Å². The first-order chi connectivity index (χ1) is 12.9. The van der Waals surface area contributed by atoms with E-state index in [4.69, 9.17) is 5.11 Å². The third-order valence-corrected chi connectivity index (χ3v) is 6.12. The number of hydrogen-bond donors (Lipinski definition) is 2. The van der Waals surface area contributed by atoms with Crippen molar-refractivity contribution in [3.8, 4) is 0 Å². The second-order valence-electron chi connectivity index (χ2n) is 8.17. The summed E-state index contributed by atoms with van der Waals surface area (Å²) in [6.45, 7) is 2.76. The zero-order valence-electron chi connectivity index (χ0n) is 15.9. The molecule has 0 bridgehead atoms. The van der Waals surface area contributed by atoms with Crippen molar-refractivity contribution < 1.29 is 19.8 Å². The van der Waals surface area contributed by atoms with E-state index in [1.165, 1.54) is 6.42 Å². The zero-order valence-corrected chi connectivity index (χ0v) is 15.9. The van der Waals surface area contributed by atoms with Gasteiger partial charge >= 0.3 is 5.97 Å². The molecule has 146 valence electrons. The maximum atomic E-state index is 12.3. The molecule has 2 N–H and O–H groups in total. The predicted octanol–water partition coefficient (Wildman–Crippen LogP) is 2.95. The van der Waals surface area contributed by atoms with E-state index < -0.39 is 12.1 Å². The molecule has 0 aromatic heterocycles. The molecule has 1 aliphatic carbocycles. The van der Waals surface area contributed by atoms with E-state index in [1.807, 2.05) is 41.3 Å². The third-order valence-electron chi connectivity index (χ3n) is 6.12. The van der Waals surface area contributed by atoms with Crippen LogP contribution in [0, 0.1) is 5.41 Å². The highest BCUT2D eigenvalue weighted by molar-refractivity contribution is 5.79. The fourth-order valence-corrected chi connectivity index (χ4v) is 3.99. The highest BCUT2D eigenvalue weighted by Gasteiger charge is 2.38. The summed E-state index contributed by atoms with van der Waals surface area (Å²) in [6.07, 6.45) is 8.88. The largest absolute Gasteiger partial charge is 0.481 e. The molecule has 1 heterocycles. The van der Waals surface area contributed by atoms with Crippen molar-refractivity contribution >= 4 is 11.9 Å². The first kappa shape index (κ1) is 19.6. The Bertz CT molecular complexity index is 706. The van der Waals surface area contributed by atoms with E-state index in [0.29, 0.717) is 13.0 Å². The number of carboxylic acids is 1. The minimum atomic E-state index is -0.835. The molecule has 1 aromatic carbocycles. The summed E-state index contributed by atoms with van der Waals surface area (Å²) in [7, 11) is 0. The van der Waals surface area contributed by atoms with Gasteiger partial charge in [0.05, 0.1) is 18.6 Å². The average molecular weight is 371 g/mol. The van der Waals surface area contributed by atoms with Crippen molar-refractivity contribution in [1.82, 2.24) is 4.90 Å². The van der Waals surface area contributed by atoms with Gasteiger partial charge in [-0.05, 0) is 42.2 Å². The van der Waals surface area contributed by atoms with E-state index in [-0.39, 0.29) is 23.8 Å². The average Bonchev–Trinajstić information content (AvgIpc) is 2.96. The summed E-state index contributed by atoms with van der Waals surface area (Å²) in [5.41, 5.74) is 1.87. The number of benzene rings is 1. The molecule has 1 aromatic rings. The molecule has 3 rings (SSSR count). The van der Waals surface area contributed by atoms with Crippen LogP contribution in [-0.4, -0.2) is 45.7 Å². The number of nitrogens with zero attached hydrogens (tertiary/aromatic N) is 1. The summed E-state index contributed by atoms with van der Waals surface area (Å²) in [5, 5.41) is 19.2. The Morgan fingerprint density at radius 3 is 2.56 bits per heavy atom. The molecule has 27 heavy (non-hydrogen) atoms. The molecular formula is C22H29NO4.